The molecule has 2 rings (SSSR count). The minimum atomic E-state index is 0.237. The van der Waals surface area contributed by atoms with Gasteiger partial charge in [0.2, 0.25) is 0 Å². The molecule has 2 saturated heterocycles. The zero-order chi connectivity index (χ0) is 18.0. The van der Waals surface area contributed by atoms with Gasteiger partial charge in [-0.15, -0.1) is 0 Å². The standard InChI is InChI=1S/C20H42N4/c1-17-14-19(3,4)21-10-8-12-23-16-24(17)13-9-11-22(7)20(5,6)15-18(23)2/h17-18,21H,8-16H2,1-7H3. The van der Waals surface area contributed by atoms with Crippen LogP contribution in [0.3, 0.4) is 0 Å². The van der Waals surface area contributed by atoms with E-state index in [1.807, 2.05) is 0 Å². The maximum absolute atomic E-state index is 3.79. The summed E-state index contributed by atoms with van der Waals surface area (Å²) in [4.78, 5) is 8.04. The van der Waals surface area contributed by atoms with Gasteiger partial charge in [0.25, 0.3) is 0 Å². The van der Waals surface area contributed by atoms with Gasteiger partial charge in [-0.1, -0.05) is 0 Å². The SMILES string of the molecule is CC1CC(C)(C)NCCCN2CN1CCCN(C)C(C)(C)CC2C. The molecule has 0 aromatic heterocycles. The first-order valence-corrected chi connectivity index (χ1v) is 10.1. The van der Waals surface area contributed by atoms with E-state index in [0.29, 0.717) is 12.1 Å². The number of rotatable bonds is 0. The monoisotopic (exact) mass is 338 g/mol. The smallest absolute Gasteiger partial charge is 0.0511 e. The second-order valence-corrected chi connectivity index (χ2v) is 9.62. The Bertz CT molecular complexity index is 393. The maximum Gasteiger partial charge on any atom is 0.0511 e. The zero-order valence-corrected chi connectivity index (χ0v) is 17.4. The number of nitrogens with one attached hydrogen (secondary N) is 1. The van der Waals surface area contributed by atoms with Crippen molar-refractivity contribution < 1.29 is 0 Å². The molecule has 0 aromatic carbocycles. The molecule has 24 heavy (non-hydrogen) atoms. The zero-order valence-electron chi connectivity index (χ0n) is 17.4. The fraction of sp³-hybridized carbons (Fsp3) is 1.00. The molecule has 0 amide bonds. The Morgan fingerprint density at radius 1 is 0.833 bits per heavy atom. The molecule has 2 heterocycles. The molecule has 4 unspecified atom stereocenters. The van der Waals surface area contributed by atoms with Crippen LogP contribution in [0.1, 0.15) is 67.2 Å². The fourth-order valence-corrected chi connectivity index (χ4v) is 4.56. The van der Waals surface area contributed by atoms with Crippen molar-refractivity contribution in [3.63, 3.8) is 0 Å². The lowest BCUT2D eigenvalue weighted by Gasteiger charge is -2.46. The van der Waals surface area contributed by atoms with Gasteiger partial charge in [0.1, 0.15) is 0 Å². The summed E-state index contributed by atoms with van der Waals surface area (Å²) >= 11 is 0. The highest BCUT2D eigenvalue weighted by Gasteiger charge is 2.32. The summed E-state index contributed by atoms with van der Waals surface area (Å²) in [5.41, 5.74) is 0.518. The van der Waals surface area contributed by atoms with Gasteiger partial charge in [-0.3, -0.25) is 9.80 Å². The molecule has 2 bridgehead atoms. The first-order chi connectivity index (χ1) is 11.1. The van der Waals surface area contributed by atoms with E-state index in [0.717, 1.165) is 13.2 Å². The van der Waals surface area contributed by atoms with E-state index < -0.39 is 0 Å². The molecule has 0 aliphatic carbocycles. The van der Waals surface area contributed by atoms with Gasteiger partial charge < -0.3 is 10.2 Å². The summed E-state index contributed by atoms with van der Waals surface area (Å²) in [6.45, 7) is 20.3. The van der Waals surface area contributed by atoms with Crippen molar-refractivity contribution >= 4 is 0 Å². The minimum absolute atomic E-state index is 0.237. The van der Waals surface area contributed by atoms with Crippen molar-refractivity contribution in [2.75, 3.05) is 39.9 Å². The van der Waals surface area contributed by atoms with Crippen molar-refractivity contribution in [2.24, 2.45) is 0 Å². The van der Waals surface area contributed by atoms with Gasteiger partial charge >= 0.3 is 0 Å². The van der Waals surface area contributed by atoms with Gasteiger partial charge in [-0.05, 0) is 87.4 Å². The molecule has 0 saturated carbocycles. The van der Waals surface area contributed by atoms with Gasteiger partial charge in [0.15, 0.2) is 0 Å². The van der Waals surface area contributed by atoms with Crippen LogP contribution < -0.4 is 5.32 Å². The Morgan fingerprint density at radius 3 is 2.08 bits per heavy atom. The molecular formula is C20H42N4. The predicted molar refractivity (Wildman–Crippen MR) is 104 cm³/mol. The summed E-state index contributed by atoms with van der Waals surface area (Å²) in [6, 6.07) is 1.25. The van der Waals surface area contributed by atoms with Crippen molar-refractivity contribution in [3.05, 3.63) is 0 Å². The summed E-state index contributed by atoms with van der Waals surface area (Å²) in [5, 5.41) is 3.79. The molecule has 4 nitrogen and oxygen atoms in total. The third-order valence-electron chi connectivity index (χ3n) is 6.41. The highest BCUT2D eigenvalue weighted by Crippen LogP contribution is 2.25. The second-order valence-electron chi connectivity index (χ2n) is 9.62. The third-order valence-corrected chi connectivity index (χ3v) is 6.41. The summed E-state index contributed by atoms with van der Waals surface area (Å²) in [5.74, 6) is 0. The number of fused-ring (bicyclic) bond motifs is 2. The predicted octanol–water partition coefficient (Wildman–Crippen LogP) is 2.99. The van der Waals surface area contributed by atoms with Gasteiger partial charge in [-0.25, -0.2) is 0 Å². The molecule has 2 fully saturated rings. The lowest BCUT2D eigenvalue weighted by atomic mass is 9.92. The van der Waals surface area contributed by atoms with Gasteiger partial charge in [0.05, 0.1) is 6.67 Å². The van der Waals surface area contributed by atoms with Gasteiger partial charge in [-0.2, -0.15) is 0 Å². The van der Waals surface area contributed by atoms with Crippen LogP contribution in [0.25, 0.3) is 0 Å². The second kappa shape index (κ2) is 8.03. The number of hydrogen-bond donors (Lipinski definition) is 1. The first-order valence-electron chi connectivity index (χ1n) is 10.1. The maximum atomic E-state index is 3.79. The van der Waals surface area contributed by atoms with Crippen LogP contribution in [-0.4, -0.2) is 77.8 Å². The molecule has 0 spiro atoms. The normalized spacial score (nSPS) is 39.1. The van der Waals surface area contributed by atoms with Crippen molar-refractivity contribution in [3.8, 4) is 0 Å². The molecule has 2 aliphatic heterocycles. The summed E-state index contributed by atoms with van der Waals surface area (Å²) in [6.07, 6.45) is 4.97. The Hall–Kier alpha value is -0.160. The number of hydrogen-bond acceptors (Lipinski definition) is 4. The molecule has 0 radical (unpaired) electrons. The molecule has 4 heteroatoms. The van der Waals surface area contributed by atoms with Crippen molar-refractivity contribution in [2.45, 2.75) is 90.4 Å². The van der Waals surface area contributed by atoms with E-state index in [-0.39, 0.29) is 11.1 Å². The highest BCUT2D eigenvalue weighted by molar-refractivity contribution is 4.89. The Labute approximate surface area is 150 Å². The van der Waals surface area contributed by atoms with Crippen molar-refractivity contribution in [1.82, 2.24) is 20.0 Å². The average Bonchev–Trinajstić information content (AvgIpc) is 2.45. The highest BCUT2D eigenvalue weighted by atomic mass is 15.3. The van der Waals surface area contributed by atoms with Crippen LogP contribution >= 0.6 is 0 Å². The van der Waals surface area contributed by atoms with Crippen LogP contribution in [0, 0.1) is 0 Å². The molecule has 2 aliphatic rings. The number of nitrogens with zero attached hydrogens (tertiary/aromatic N) is 3. The molecule has 4 atom stereocenters. The topological polar surface area (TPSA) is 21.8 Å². The van der Waals surface area contributed by atoms with Crippen LogP contribution in [0.15, 0.2) is 0 Å². The van der Waals surface area contributed by atoms with E-state index in [1.165, 1.54) is 45.3 Å². The van der Waals surface area contributed by atoms with E-state index >= 15 is 0 Å². The van der Waals surface area contributed by atoms with Crippen molar-refractivity contribution in [1.29, 1.82) is 0 Å². The Morgan fingerprint density at radius 2 is 1.42 bits per heavy atom. The minimum Gasteiger partial charge on any atom is -0.312 e. The lowest BCUT2D eigenvalue weighted by Crippen LogP contribution is -2.56. The molecule has 1 N–H and O–H groups in total. The quantitative estimate of drug-likeness (QED) is 0.733. The van der Waals surface area contributed by atoms with Gasteiger partial charge in [0, 0.05) is 36.3 Å². The molecule has 142 valence electrons. The van der Waals surface area contributed by atoms with Crippen LogP contribution in [0.2, 0.25) is 0 Å². The molecular weight excluding hydrogens is 296 g/mol. The Kier molecular flexibility index (Phi) is 6.74. The third kappa shape index (κ3) is 5.42. The Balaban J connectivity index is 2.19. The van der Waals surface area contributed by atoms with Crippen LogP contribution in [0.4, 0.5) is 0 Å². The summed E-state index contributed by atoms with van der Waals surface area (Å²) in [7, 11) is 2.31. The fourth-order valence-electron chi connectivity index (χ4n) is 4.56. The largest absolute Gasteiger partial charge is 0.312 e. The first kappa shape index (κ1) is 20.2. The van der Waals surface area contributed by atoms with E-state index in [9.17, 15) is 0 Å². The van der Waals surface area contributed by atoms with E-state index in [2.05, 4.69) is 68.6 Å². The van der Waals surface area contributed by atoms with E-state index in [4.69, 9.17) is 0 Å². The average molecular weight is 339 g/mol. The summed E-state index contributed by atoms with van der Waals surface area (Å²) < 4.78 is 0. The molecule has 0 aromatic rings. The lowest BCUT2D eigenvalue weighted by molar-refractivity contribution is 0.0147. The van der Waals surface area contributed by atoms with Crippen LogP contribution in [0.5, 0.6) is 0 Å². The van der Waals surface area contributed by atoms with E-state index in [1.54, 1.807) is 0 Å². The van der Waals surface area contributed by atoms with Crippen LogP contribution in [-0.2, 0) is 0 Å².